The predicted octanol–water partition coefficient (Wildman–Crippen LogP) is 2.49. The molecule has 0 radical (unpaired) electrons. The zero-order valence-corrected chi connectivity index (χ0v) is 7.38. The highest BCUT2D eigenvalue weighted by Crippen LogP contribution is 2.08. The molecule has 0 aliphatic heterocycles. The lowest BCUT2D eigenvalue weighted by Gasteiger charge is -1.94. The molecule has 0 bridgehead atoms. The first-order chi connectivity index (χ1) is 5.74. The van der Waals surface area contributed by atoms with Crippen molar-refractivity contribution in [3.8, 4) is 5.75 Å². The second kappa shape index (κ2) is 6.61. The van der Waals surface area contributed by atoms with E-state index in [4.69, 9.17) is 5.90 Å². The molecule has 0 aromatic heterocycles. The second-order valence-corrected chi connectivity index (χ2v) is 2.28. The second-order valence-electron chi connectivity index (χ2n) is 2.28. The molecule has 2 N–H and O–H groups in total. The molecule has 1 rings (SSSR count). The van der Waals surface area contributed by atoms with E-state index in [0.29, 0.717) is 5.75 Å². The van der Waals surface area contributed by atoms with Crippen LogP contribution in [0.5, 0.6) is 5.75 Å². The van der Waals surface area contributed by atoms with E-state index in [2.05, 4.69) is 18.7 Å². The maximum absolute atomic E-state index is 12.1. The van der Waals surface area contributed by atoms with Crippen LogP contribution in [0.15, 0.2) is 24.3 Å². The smallest absolute Gasteiger partial charge is 0.147 e. The molecule has 0 saturated carbocycles. The van der Waals surface area contributed by atoms with E-state index in [-0.39, 0.29) is 5.82 Å². The number of hydrogen-bond acceptors (Lipinski definition) is 2. The molecular weight excluding hydrogens is 157 g/mol. The predicted molar refractivity (Wildman–Crippen MR) is 47.2 cm³/mol. The summed E-state index contributed by atoms with van der Waals surface area (Å²) < 4.78 is 12.1. The van der Waals surface area contributed by atoms with E-state index in [1.807, 2.05) is 0 Å². The van der Waals surface area contributed by atoms with E-state index >= 15 is 0 Å². The first-order valence-electron chi connectivity index (χ1n) is 3.86. The molecular formula is C9H14FNO. The van der Waals surface area contributed by atoms with E-state index in [1.54, 1.807) is 0 Å². The Morgan fingerprint density at radius 1 is 1.25 bits per heavy atom. The van der Waals surface area contributed by atoms with Gasteiger partial charge in [-0.3, -0.25) is 0 Å². The summed E-state index contributed by atoms with van der Waals surface area (Å²) in [5.41, 5.74) is 0. The van der Waals surface area contributed by atoms with Crippen molar-refractivity contribution in [1.82, 2.24) is 0 Å². The maximum Gasteiger partial charge on any atom is 0.147 e. The van der Waals surface area contributed by atoms with Crippen LogP contribution < -0.4 is 10.7 Å². The summed E-state index contributed by atoms with van der Waals surface area (Å²) in [7, 11) is 0. The Hall–Kier alpha value is -1.09. The Morgan fingerprint density at radius 3 is 2.00 bits per heavy atom. The standard InChI is InChI=1S/C6H6FNO.C3H8/c7-5-1-3-6(9-8)4-2-5;1-3-2/h1-4H,8H2;3H2,1-2H3. The van der Waals surface area contributed by atoms with Crippen molar-refractivity contribution in [2.45, 2.75) is 20.3 Å². The molecule has 0 fully saturated rings. The van der Waals surface area contributed by atoms with Crippen LogP contribution in [0, 0.1) is 5.82 Å². The quantitative estimate of drug-likeness (QED) is 0.659. The van der Waals surface area contributed by atoms with Crippen molar-refractivity contribution >= 4 is 0 Å². The molecule has 1 aromatic carbocycles. The topological polar surface area (TPSA) is 35.2 Å². The average molecular weight is 171 g/mol. The zero-order valence-electron chi connectivity index (χ0n) is 7.38. The largest absolute Gasteiger partial charge is 0.412 e. The highest BCUT2D eigenvalue weighted by molar-refractivity contribution is 5.21. The van der Waals surface area contributed by atoms with Crippen LogP contribution in [0.3, 0.4) is 0 Å². The molecule has 12 heavy (non-hydrogen) atoms. The Balaban J connectivity index is 0.000000354. The highest BCUT2D eigenvalue weighted by atomic mass is 19.1. The van der Waals surface area contributed by atoms with Gasteiger partial charge in [-0.1, -0.05) is 20.3 Å². The fourth-order valence-electron chi connectivity index (χ4n) is 0.513. The van der Waals surface area contributed by atoms with Crippen LogP contribution >= 0.6 is 0 Å². The molecule has 0 unspecified atom stereocenters. The third-order valence-corrected chi connectivity index (χ3v) is 0.950. The third-order valence-electron chi connectivity index (χ3n) is 0.950. The van der Waals surface area contributed by atoms with Gasteiger partial charge in [0, 0.05) is 0 Å². The lowest BCUT2D eigenvalue weighted by atomic mass is 10.3. The monoisotopic (exact) mass is 171 g/mol. The fourth-order valence-corrected chi connectivity index (χ4v) is 0.513. The zero-order chi connectivity index (χ0) is 9.40. The molecule has 0 atom stereocenters. The molecule has 0 spiro atoms. The van der Waals surface area contributed by atoms with Crippen LogP contribution in [0.25, 0.3) is 0 Å². The summed E-state index contributed by atoms with van der Waals surface area (Å²) in [6.45, 7) is 4.25. The van der Waals surface area contributed by atoms with E-state index in [1.165, 1.54) is 30.7 Å². The van der Waals surface area contributed by atoms with Crippen LogP contribution in [-0.2, 0) is 0 Å². The summed E-state index contributed by atoms with van der Waals surface area (Å²) in [4.78, 5) is 4.30. The van der Waals surface area contributed by atoms with Gasteiger partial charge in [-0.15, -0.1) is 0 Å². The molecule has 0 aliphatic rings. The van der Waals surface area contributed by atoms with Gasteiger partial charge in [0.1, 0.15) is 11.6 Å². The van der Waals surface area contributed by atoms with Gasteiger partial charge in [-0.25, -0.2) is 4.39 Å². The van der Waals surface area contributed by atoms with Crippen LogP contribution in [0.2, 0.25) is 0 Å². The number of halogens is 1. The van der Waals surface area contributed by atoms with Crippen molar-refractivity contribution < 1.29 is 9.23 Å². The third kappa shape index (κ3) is 4.68. The van der Waals surface area contributed by atoms with Crippen molar-refractivity contribution in [3.63, 3.8) is 0 Å². The van der Waals surface area contributed by atoms with Crippen molar-refractivity contribution in [2.24, 2.45) is 5.90 Å². The molecule has 2 nitrogen and oxygen atoms in total. The highest BCUT2D eigenvalue weighted by Gasteiger charge is 1.89. The van der Waals surface area contributed by atoms with Gasteiger partial charge in [0.2, 0.25) is 0 Å². The van der Waals surface area contributed by atoms with Crippen LogP contribution in [-0.4, -0.2) is 0 Å². The van der Waals surface area contributed by atoms with Gasteiger partial charge in [-0.2, -0.15) is 5.90 Å². The SMILES string of the molecule is CCC.NOc1ccc(F)cc1. The normalized spacial score (nSPS) is 8.33. The fraction of sp³-hybridized carbons (Fsp3) is 0.333. The molecule has 0 saturated heterocycles. The summed E-state index contributed by atoms with van der Waals surface area (Å²) in [5, 5.41) is 0. The molecule has 0 aliphatic carbocycles. The van der Waals surface area contributed by atoms with E-state index in [9.17, 15) is 4.39 Å². The van der Waals surface area contributed by atoms with Gasteiger partial charge >= 0.3 is 0 Å². The van der Waals surface area contributed by atoms with Crippen molar-refractivity contribution in [3.05, 3.63) is 30.1 Å². The summed E-state index contributed by atoms with van der Waals surface area (Å²) in [6.07, 6.45) is 1.25. The Kier molecular flexibility index (Phi) is 6.01. The lowest BCUT2D eigenvalue weighted by molar-refractivity contribution is 0.334. The minimum Gasteiger partial charge on any atom is -0.412 e. The maximum atomic E-state index is 12.1. The number of rotatable bonds is 1. The van der Waals surface area contributed by atoms with Crippen molar-refractivity contribution in [2.75, 3.05) is 0 Å². The van der Waals surface area contributed by atoms with E-state index < -0.39 is 0 Å². The molecule has 3 heteroatoms. The van der Waals surface area contributed by atoms with E-state index in [0.717, 1.165) is 0 Å². The minimum absolute atomic E-state index is 0.296. The van der Waals surface area contributed by atoms with Gasteiger partial charge < -0.3 is 4.84 Å². The number of hydrogen-bond donors (Lipinski definition) is 1. The summed E-state index contributed by atoms with van der Waals surface area (Å²) in [6, 6.07) is 5.47. The van der Waals surface area contributed by atoms with Gasteiger partial charge in [0.05, 0.1) is 0 Å². The van der Waals surface area contributed by atoms with Crippen LogP contribution in [0.1, 0.15) is 20.3 Å². The van der Waals surface area contributed by atoms with Gasteiger partial charge in [-0.05, 0) is 24.3 Å². The van der Waals surface area contributed by atoms with Gasteiger partial charge in [0.15, 0.2) is 0 Å². The Morgan fingerprint density at radius 2 is 1.67 bits per heavy atom. The first kappa shape index (κ1) is 10.9. The molecule has 68 valence electrons. The number of benzene rings is 1. The minimum atomic E-state index is -0.296. The Labute approximate surface area is 72.1 Å². The van der Waals surface area contributed by atoms with Gasteiger partial charge in [0.25, 0.3) is 0 Å². The van der Waals surface area contributed by atoms with Crippen molar-refractivity contribution in [1.29, 1.82) is 0 Å². The summed E-state index contributed by atoms with van der Waals surface area (Å²) >= 11 is 0. The number of nitrogens with two attached hydrogens (primary N) is 1. The first-order valence-corrected chi connectivity index (χ1v) is 3.86. The molecule has 1 aromatic rings. The Bertz CT molecular complexity index is 198. The van der Waals surface area contributed by atoms with Crippen LogP contribution in [0.4, 0.5) is 4.39 Å². The molecule has 0 heterocycles. The summed E-state index contributed by atoms with van der Waals surface area (Å²) in [5.74, 6) is 4.94. The lowest BCUT2D eigenvalue weighted by Crippen LogP contribution is -2.00. The molecule has 0 amide bonds. The average Bonchev–Trinajstić information content (AvgIpc) is 2.07.